The summed E-state index contributed by atoms with van der Waals surface area (Å²) < 4.78 is 18.4. The molecule has 25 heavy (non-hydrogen) atoms. The molecule has 2 aromatic rings. The van der Waals surface area contributed by atoms with Crippen molar-refractivity contribution in [3.63, 3.8) is 0 Å². The molecule has 0 spiro atoms. The van der Waals surface area contributed by atoms with Crippen LogP contribution in [0.25, 0.3) is 0 Å². The number of hydrogen-bond donors (Lipinski definition) is 1. The van der Waals surface area contributed by atoms with Gasteiger partial charge in [0.05, 0.1) is 17.7 Å². The highest BCUT2D eigenvalue weighted by molar-refractivity contribution is 6.33. The molecule has 0 aliphatic heterocycles. The quantitative estimate of drug-likeness (QED) is 0.836. The van der Waals surface area contributed by atoms with E-state index in [1.54, 1.807) is 7.11 Å². The van der Waals surface area contributed by atoms with Gasteiger partial charge in [-0.25, -0.2) is 4.39 Å². The molecule has 3 rings (SSSR count). The zero-order valence-corrected chi connectivity index (χ0v) is 14.9. The average Bonchev–Trinajstić information content (AvgIpc) is 3.10. The van der Waals surface area contributed by atoms with E-state index in [-0.39, 0.29) is 16.3 Å². The number of halogens is 2. The van der Waals surface area contributed by atoms with Crippen molar-refractivity contribution < 1.29 is 13.9 Å². The van der Waals surface area contributed by atoms with Crippen LogP contribution in [0.1, 0.15) is 41.6 Å². The van der Waals surface area contributed by atoms with Gasteiger partial charge in [-0.05, 0) is 48.7 Å². The summed E-state index contributed by atoms with van der Waals surface area (Å²) in [5.74, 6) is 0.0934. The van der Waals surface area contributed by atoms with Crippen LogP contribution in [0, 0.1) is 5.82 Å². The Bertz CT molecular complexity index is 755. The standard InChI is InChI=1S/C20H21ClFNO2/c1-25-16-7-4-14(5-8-16)20(10-2-3-11-20)13-23-19(24)17-9-6-15(22)12-18(17)21/h4-9,12H,2-3,10-11,13H2,1H3,(H,23,24). The van der Waals surface area contributed by atoms with Crippen LogP contribution < -0.4 is 10.1 Å². The molecule has 132 valence electrons. The third kappa shape index (κ3) is 3.79. The molecule has 0 heterocycles. The summed E-state index contributed by atoms with van der Waals surface area (Å²) in [7, 11) is 1.65. The van der Waals surface area contributed by atoms with Crippen molar-refractivity contribution in [1.29, 1.82) is 0 Å². The molecule has 5 heteroatoms. The van der Waals surface area contributed by atoms with Crippen LogP contribution in [0.2, 0.25) is 5.02 Å². The fourth-order valence-corrected chi connectivity index (χ4v) is 3.84. The number of hydrogen-bond acceptors (Lipinski definition) is 2. The molecule has 3 nitrogen and oxygen atoms in total. The summed E-state index contributed by atoms with van der Waals surface area (Å²) in [5, 5.41) is 3.12. The Morgan fingerprint density at radius 1 is 1.20 bits per heavy atom. The van der Waals surface area contributed by atoms with E-state index >= 15 is 0 Å². The first-order chi connectivity index (χ1) is 12.0. The molecule has 1 amide bonds. The summed E-state index contributed by atoms with van der Waals surface area (Å²) in [6, 6.07) is 11.9. The average molecular weight is 362 g/mol. The van der Waals surface area contributed by atoms with Gasteiger partial charge in [-0.3, -0.25) is 4.79 Å². The molecule has 1 fully saturated rings. The van der Waals surface area contributed by atoms with E-state index in [4.69, 9.17) is 16.3 Å². The molecule has 2 aromatic carbocycles. The lowest BCUT2D eigenvalue weighted by Crippen LogP contribution is -2.39. The molecule has 0 radical (unpaired) electrons. The zero-order valence-electron chi connectivity index (χ0n) is 14.1. The van der Waals surface area contributed by atoms with Crippen molar-refractivity contribution in [2.24, 2.45) is 0 Å². The minimum atomic E-state index is -0.452. The van der Waals surface area contributed by atoms with Crippen LogP contribution in [0.15, 0.2) is 42.5 Å². The number of nitrogens with one attached hydrogen (secondary N) is 1. The number of ether oxygens (including phenoxy) is 1. The van der Waals surface area contributed by atoms with Crippen LogP contribution in [0.5, 0.6) is 5.75 Å². The zero-order chi connectivity index (χ0) is 17.9. The van der Waals surface area contributed by atoms with Gasteiger partial charge in [0.2, 0.25) is 0 Å². The highest BCUT2D eigenvalue weighted by Crippen LogP contribution is 2.41. The highest BCUT2D eigenvalue weighted by atomic mass is 35.5. The molecule has 0 bridgehead atoms. The number of benzene rings is 2. The fraction of sp³-hybridized carbons (Fsp3) is 0.350. The fourth-order valence-electron chi connectivity index (χ4n) is 3.58. The maximum Gasteiger partial charge on any atom is 0.252 e. The Morgan fingerprint density at radius 2 is 1.88 bits per heavy atom. The number of amides is 1. The third-order valence-electron chi connectivity index (χ3n) is 5.03. The maximum atomic E-state index is 13.2. The van der Waals surface area contributed by atoms with Crippen molar-refractivity contribution in [1.82, 2.24) is 5.32 Å². The third-order valence-corrected chi connectivity index (χ3v) is 5.34. The highest BCUT2D eigenvalue weighted by Gasteiger charge is 2.36. The van der Waals surface area contributed by atoms with Gasteiger partial charge in [-0.2, -0.15) is 0 Å². The van der Waals surface area contributed by atoms with Crippen molar-refractivity contribution in [3.05, 3.63) is 64.4 Å². The Kier molecular flexibility index (Phi) is 5.28. The van der Waals surface area contributed by atoms with Crippen LogP contribution in [0.3, 0.4) is 0 Å². The Hall–Kier alpha value is -2.07. The number of rotatable bonds is 5. The molecule has 1 aliphatic carbocycles. The minimum absolute atomic E-state index is 0.0750. The van der Waals surface area contributed by atoms with E-state index in [0.717, 1.165) is 37.5 Å². The minimum Gasteiger partial charge on any atom is -0.497 e. The second kappa shape index (κ2) is 7.44. The topological polar surface area (TPSA) is 38.3 Å². The molecule has 1 aliphatic rings. The largest absolute Gasteiger partial charge is 0.497 e. The van der Waals surface area contributed by atoms with E-state index < -0.39 is 5.82 Å². The van der Waals surface area contributed by atoms with E-state index in [1.165, 1.54) is 17.7 Å². The van der Waals surface area contributed by atoms with Crippen molar-refractivity contribution in [3.8, 4) is 5.75 Å². The Morgan fingerprint density at radius 3 is 2.48 bits per heavy atom. The SMILES string of the molecule is COc1ccc(C2(CNC(=O)c3ccc(F)cc3Cl)CCCC2)cc1. The molecule has 0 unspecified atom stereocenters. The molecule has 0 aromatic heterocycles. The van der Waals surface area contributed by atoms with Gasteiger partial charge < -0.3 is 10.1 Å². The monoisotopic (exact) mass is 361 g/mol. The van der Waals surface area contributed by atoms with E-state index in [0.29, 0.717) is 12.1 Å². The predicted octanol–water partition coefficient (Wildman–Crippen LogP) is 4.73. The van der Waals surface area contributed by atoms with Crippen molar-refractivity contribution in [2.75, 3.05) is 13.7 Å². The molecular weight excluding hydrogens is 341 g/mol. The summed E-state index contributed by atoms with van der Waals surface area (Å²) in [4.78, 5) is 12.5. The smallest absolute Gasteiger partial charge is 0.252 e. The van der Waals surface area contributed by atoms with Gasteiger partial charge in [0.1, 0.15) is 11.6 Å². The predicted molar refractivity (Wildman–Crippen MR) is 96.9 cm³/mol. The van der Waals surface area contributed by atoms with Gasteiger partial charge in [0.25, 0.3) is 5.91 Å². The van der Waals surface area contributed by atoms with Gasteiger partial charge in [0.15, 0.2) is 0 Å². The first-order valence-corrected chi connectivity index (χ1v) is 8.80. The lowest BCUT2D eigenvalue weighted by molar-refractivity contribution is 0.0943. The molecule has 0 atom stereocenters. The lowest BCUT2D eigenvalue weighted by Gasteiger charge is -2.30. The van der Waals surface area contributed by atoms with Crippen LogP contribution in [-0.4, -0.2) is 19.6 Å². The van der Waals surface area contributed by atoms with E-state index in [1.807, 2.05) is 12.1 Å². The first-order valence-electron chi connectivity index (χ1n) is 8.42. The van der Waals surface area contributed by atoms with Crippen LogP contribution >= 0.6 is 11.6 Å². The molecular formula is C20H21ClFNO2. The number of carbonyl (C=O) groups is 1. The van der Waals surface area contributed by atoms with Crippen LogP contribution in [0.4, 0.5) is 4.39 Å². The van der Waals surface area contributed by atoms with E-state index in [2.05, 4.69) is 17.4 Å². The summed E-state index contributed by atoms with van der Waals surface area (Å²) in [5.41, 5.74) is 1.43. The molecule has 1 saturated carbocycles. The Labute approximate surface area is 152 Å². The Balaban J connectivity index is 1.76. The summed E-state index contributed by atoms with van der Waals surface area (Å²) in [6.07, 6.45) is 4.33. The van der Waals surface area contributed by atoms with E-state index in [9.17, 15) is 9.18 Å². The van der Waals surface area contributed by atoms with Crippen molar-refractivity contribution >= 4 is 17.5 Å². The first kappa shape index (κ1) is 17.7. The summed E-state index contributed by atoms with van der Waals surface area (Å²) in [6.45, 7) is 0.534. The van der Waals surface area contributed by atoms with Gasteiger partial charge in [-0.15, -0.1) is 0 Å². The molecule has 1 N–H and O–H groups in total. The summed E-state index contributed by atoms with van der Waals surface area (Å²) >= 11 is 5.99. The van der Waals surface area contributed by atoms with Crippen LogP contribution in [-0.2, 0) is 5.41 Å². The molecule has 0 saturated heterocycles. The number of carbonyl (C=O) groups excluding carboxylic acids is 1. The second-order valence-corrected chi connectivity index (χ2v) is 6.93. The van der Waals surface area contributed by atoms with Gasteiger partial charge in [0, 0.05) is 12.0 Å². The lowest BCUT2D eigenvalue weighted by atomic mass is 9.78. The number of methoxy groups -OCH3 is 1. The maximum absolute atomic E-state index is 13.2. The van der Waals surface area contributed by atoms with Gasteiger partial charge >= 0.3 is 0 Å². The van der Waals surface area contributed by atoms with Crippen molar-refractivity contribution in [2.45, 2.75) is 31.1 Å². The van der Waals surface area contributed by atoms with Gasteiger partial charge in [-0.1, -0.05) is 36.6 Å². The normalized spacial score (nSPS) is 15.8. The second-order valence-electron chi connectivity index (χ2n) is 6.52.